The number of hydrogen-bond acceptors (Lipinski definition) is 16. The minimum absolute atomic E-state index is 0.0934. The largest absolute Gasteiger partial charge is 0.382 e. The number of nitrogens with zero attached hydrogens (tertiary/aromatic N) is 2. The molecule has 0 atom stereocenters. The van der Waals surface area contributed by atoms with Crippen LogP contribution in [0.15, 0.2) is 92.4 Å². The molecule has 0 aromatic heterocycles. The van der Waals surface area contributed by atoms with Gasteiger partial charge in [0, 0.05) is 75.0 Å². The van der Waals surface area contributed by atoms with E-state index in [2.05, 4.69) is 21.3 Å². The highest BCUT2D eigenvalue weighted by atomic mass is 32.2. The van der Waals surface area contributed by atoms with Crippen molar-refractivity contribution < 1.29 is 71.3 Å². The number of amides is 2. The van der Waals surface area contributed by atoms with Crippen LogP contribution in [0.3, 0.4) is 0 Å². The molecule has 26 heteroatoms. The molecule has 70 heavy (non-hydrogen) atoms. The summed E-state index contributed by atoms with van der Waals surface area (Å²) in [4.78, 5) is 25.4. The van der Waals surface area contributed by atoms with E-state index in [4.69, 9.17) is 18.9 Å². The van der Waals surface area contributed by atoms with Gasteiger partial charge in [-0.25, -0.2) is 16.8 Å². The highest BCUT2D eigenvalue weighted by molar-refractivity contribution is 7.89. The molecule has 0 unspecified atom stereocenters. The molecule has 6 N–H and O–H groups in total. The Balaban J connectivity index is 1.24. The molecule has 0 bridgehead atoms. The van der Waals surface area contributed by atoms with Crippen molar-refractivity contribution in [3.63, 3.8) is 0 Å². The Morgan fingerprint density at radius 1 is 0.557 bits per heavy atom. The third-order valence-electron chi connectivity index (χ3n) is 10.7. The van der Waals surface area contributed by atoms with Crippen LogP contribution >= 0.6 is 0 Å². The fourth-order valence-corrected chi connectivity index (χ4v) is 11.9. The molecular formula is C44H54N6O16S4. The molecule has 2 saturated heterocycles. The second-order valence-electron chi connectivity index (χ2n) is 15.4. The van der Waals surface area contributed by atoms with Gasteiger partial charge in [0.05, 0.1) is 51.0 Å². The third kappa shape index (κ3) is 13.7. The number of carbonyl (C=O) groups is 2. The van der Waals surface area contributed by atoms with Gasteiger partial charge in [-0.05, 0) is 85.6 Å². The number of nitrogens with one attached hydrogen (secondary N) is 4. The third-order valence-corrected chi connectivity index (χ3v) is 16.4. The van der Waals surface area contributed by atoms with E-state index in [0.29, 0.717) is 13.2 Å². The number of sulfonamides is 2. The van der Waals surface area contributed by atoms with Gasteiger partial charge in [0.25, 0.3) is 32.1 Å². The molecule has 2 fully saturated rings. The lowest BCUT2D eigenvalue weighted by molar-refractivity contribution is 0.0730. The van der Waals surface area contributed by atoms with E-state index < -0.39 is 61.9 Å². The summed E-state index contributed by atoms with van der Waals surface area (Å²) in [5.41, 5.74) is -0.359. The van der Waals surface area contributed by atoms with Crippen LogP contribution in [0.25, 0.3) is 12.2 Å². The molecule has 0 saturated carbocycles. The number of anilines is 4. The van der Waals surface area contributed by atoms with Crippen molar-refractivity contribution in [3.8, 4) is 0 Å². The molecule has 4 aromatic carbocycles. The number of hydrogen-bond donors (Lipinski definition) is 6. The van der Waals surface area contributed by atoms with E-state index in [1.165, 1.54) is 69.3 Å². The standard InChI is InChI=1S/C44H54N6O16S4/c1-3-63-21-15-45-37-13-9-33(27-41(37)67(53,54)49-17-23-65-24-18-49)43(51)47-35-11-7-31(39(29-35)69(57,58)59)5-6-32-8-12-36(30-40(32)70(60,61)62)48-44(52)34-10-14-38(46-16-22-64-4-2)42(28-34)68(55,56)50-19-25-66-26-20-50/h5-14,27-30,45-46H,3-4,15-26H2,1-2H3,(H,47,51)(H,48,52)(H,57,58,59)(H,60,61,62)/b6-5+. The molecular weight excluding hydrogens is 997 g/mol. The van der Waals surface area contributed by atoms with Gasteiger partial charge in [-0.2, -0.15) is 25.4 Å². The SMILES string of the molecule is CCOCCNc1ccc(C(=O)Nc2ccc(/C=C/c3ccc(NC(=O)c4ccc(NCCOCC)c(S(=O)(=O)N5CCOCC5)c4)cc3S(=O)(=O)O)c(S(=O)(=O)O)c2)cc1S(=O)(=O)N1CCOCC1. The second-order valence-corrected chi connectivity index (χ2v) is 22.0. The summed E-state index contributed by atoms with van der Waals surface area (Å²) in [5.74, 6) is -1.65. The fourth-order valence-electron chi connectivity index (χ4n) is 7.24. The average molecular weight is 1050 g/mol. The van der Waals surface area contributed by atoms with Crippen LogP contribution in [0.5, 0.6) is 0 Å². The van der Waals surface area contributed by atoms with Crippen LogP contribution in [0.1, 0.15) is 45.7 Å². The van der Waals surface area contributed by atoms with Gasteiger partial charge in [0.2, 0.25) is 20.0 Å². The molecule has 380 valence electrons. The van der Waals surface area contributed by atoms with Crippen LogP contribution in [-0.2, 0) is 59.2 Å². The predicted octanol–water partition coefficient (Wildman–Crippen LogP) is 3.79. The Hall–Kier alpha value is -5.36. The number of benzene rings is 4. The molecule has 4 aromatic rings. The maximum Gasteiger partial charge on any atom is 0.295 e. The Morgan fingerprint density at radius 2 is 0.929 bits per heavy atom. The summed E-state index contributed by atoms with van der Waals surface area (Å²) in [7, 11) is -18.3. The van der Waals surface area contributed by atoms with Crippen LogP contribution in [0.4, 0.5) is 22.7 Å². The van der Waals surface area contributed by atoms with E-state index in [0.717, 1.165) is 24.3 Å². The van der Waals surface area contributed by atoms with Crippen molar-refractivity contribution in [2.75, 3.05) is 113 Å². The number of ether oxygens (including phenoxy) is 4. The first kappa shape index (κ1) is 54.0. The monoisotopic (exact) mass is 1050 g/mol. The molecule has 2 heterocycles. The summed E-state index contributed by atoms with van der Waals surface area (Å²) in [5, 5.41) is 11.1. The van der Waals surface area contributed by atoms with Gasteiger partial charge in [-0.1, -0.05) is 24.3 Å². The first-order chi connectivity index (χ1) is 33.2. The number of carbonyl (C=O) groups excluding carboxylic acids is 2. The molecule has 2 aliphatic heterocycles. The van der Waals surface area contributed by atoms with Crippen molar-refractivity contribution in [2.24, 2.45) is 0 Å². The fraction of sp³-hybridized carbons (Fsp3) is 0.364. The lowest BCUT2D eigenvalue weighted by atomic mass is 10.1. The van der Waals surface area contributed by atoms with Crippen molar-refractivity contribution in [2.45, 2.75) is 33.4 Å². The first-order valence-electron chi connectivity index (χ1n) is 21.8. The van der Waals surface area contributed by atoms with Gasteiger partial charge in [-0.15, -0.1) is 0 Å². The lowest BCUT2D eigenvalue weighted by Gasteiger charge is -2.27. The van der Waals surface area contributed by atoms with Crippen molar-refractivity contribution in [3.05, 3.63) is 95.1 Å². The van der Waals surface area contributed by atoms with Gasteiger partial charge < -0.3 is 40.2 Å². The summed E-state index contributed by atoms with van der Waals surface area (Å²) >= 11 is 0. The zero-order chi connectivity index (χ0) is 50.7. The van der Waals surface area contributed by atoms with Crippen molar-refractivity contribution in [1.82, 2.24) is 8.61 Å². The summed E-state index contributed by atoms with van der Waals surface area (Å²) in [6.07, 6.45) is 2.24. The quantitative estimate of drug-likeness (QED) is 0.0371. The maximum atomic E-state index is 13.8. The van der Waals surface area contributed by atoms with Gasteiger partial charge >= 0.3 is 0 Å². The first-order valence-corrected chi connectivity index (χ1v) is 27.6. The Bertz CT molecular complexity index is 2830. The summed E-state index contributed by atoms with van der Waals surface area (Å²) in [6, 6.07) is 14.8. The average Bonchev–Trinajstić information content (AvgIpc) is 3.34. The predicted molar refractivity (Wildman–Crippen MR) is 259 cm³/mol. The maximum absolute atomic E-state index is 13.8. The molecule has 0 radical (unpaired) electrons. The van der Waals surface area contributed by atoms with E-state index in [1.807, 2.05) is 13.8 Å². The number of rotatable bonds is 22. The lowest BCUT2D eigenvalue weighted by Crippen LogP contribution is -2.41. The minimum atomic E-state index is -5.02. The Morgan fingerprint density at radius 3 is 1.27 bits per heavy atom. The Kier molecular flexibility index (Phi) is 18.3. The zero-order valence-electron chi connectivity index (χ0n) is 38.1. The normalized spacial score (nSPS) is 15.4. The number of morpholine rings is 2. The Labute approximate surface area is 406 Å². The minimum Gasteiger partial charge on any atom is -0.382 e. The van der Waals surface area contributed by atoms with Crippen molar-refractivity contribution >= 4 is 87.0 Å². The summed E-state index contributed by atoms with van der Waals surface area (Å²) in [6.45, 7) is 6.74. The van der Waals surface area contributed by atoms with E-state index >= 15 is 0 Å². The molecule has 6 rings (SSSR count). The van der Waals surface area contributed by atoms with Gasteiger partial charge in [0.1, 0.15) is 19.6 Å². The smallest absolute Gasteiger partial charge is 0.295 e. The topological polar surface area (TPSA) is 303 Å². The highest BCUT2D eigenvalue weighted by Gasteiger charge is 2.31. The van der Waals surface area contributed by atoms with Crippen LogP contribution < -0.4 is 21.3 Å². The van der Waals surface area contributed by atoms with Crippen LogP contribution in [0.2, 0.25) is 0 Å². The molecule has 0 spiro atoms. The molecule has 2 amide bonds. The molecule has 22 nitrogen and oxygen atoms in total. The molecule has 2 aliphatic rings. The van der Waals surface area contributed by atoms with E-state index in [1.54, 1.807) is 0 Å². The highest BCUT2D eigenvalue weighted by Crippen LogP contribution is 2.31. The van der Waals surface area contributed by atoms with Gasteiger partial charge in [0.15, 0.2) is 0 Å². The van der Waals surface area contributed by atoms with Gasteiger partial charge in [-0.3, -0.25) is 18.7 Å². The second kappa shape index (κ2) is 23.7. The molecule has 0 aliphatic carbocycles. The zero-order valence-corrected chi connectivity index (χ0v) is 41.4. The summed E-state index contributed by atoms with van der Waals surface area (Å²) < 4.78 is 150. The van der Waals surface area contributed by atoms with Crippen molar-refractivity contribution in [1.29, 1.82) is 0 Å². The van der Waals surface area contributed by atoms with Crippen LogP contribution in [-0.4, -0.2) is 155 Å². The van der Waals surface area contributed by atoms with E-state index in [-0.39, 0.29) is 134 Å². The van der Waals surface area contributed by atoms with E-state index in [9.17, 15) is 52.4 Å². The van der Waals surface area contributed by atoms with Crippen LogP contribution in [0, 0.1) is 0 Å².